The number of benzene rings is 6. The SMILES string of the molecule is Cc1ccccc1N1c2cccc3c2N(c2cccc4c5ccccc5n(c24)-c2ccccc2-c2ccccc2-3)[C@@H]1C. The molecule has 6 aromatic carbocycles. The van der Waals surface area contributed by atoms with E-state index in [1.54, 1.807) is 0 Å². The zero-order chi connectivity index (χ0) is 27.9. The van der Waals surface area contributed by atoms with Gasteiger partial charge in [-0.1, -0.05) is 103 Å². The van der Waals surface area contributed by atoms with Gasteiger partial charge in [-0.2, -0.15) is 0 Å². The summed E-state index contributed by atoms with van der Waals surface area (Å²) >= 11 is 0. The van der Waals surface area contributed by atoms with Crippen LogP contribution in [0.15, 0.2) is 133 Å². The van der Waals surface area contributed by atoms with Gasteiger partial charge in [-0.25, -0.2) is 0 Å². The molecule has 0 unspecified atom stereocenters. The van der Waals surface area contributed by atoms with Gasteiger partial charge >= 0.3 is 0 Å². The lowest BCUT2D eigenvalue weighted by molar-refractivity contribution is 0.760. The number of aryl methyl sites for hydroxylation is 1. The van der Waals surface area contributed by atoms with Crippen molar-refractivity contribution in [3.63, 3.8) is 0 Å². The van der Waals surface area contributed by atoms with Gasteiger partial charge in [-0.05, 0) is 60.9 Å². The molecule has 0 spiro atoms. The molecule has 0 amide bonds. The standard InChI is InChI=1S/C39H29N3/c1-25-13-3-8-20-33(25)40-26(2)41-37-24-12-19-32-30-17-7-10-22-35(30)42(39(32)37)34-21-9-6-16-29(34)27-14-4-5-15-28(27)31-18-11-23-36(40)38(31)41/h3-24,26H,1-2H3/t26-/m1/s1. The Labute approximate surface area is 245 Å². The normalized spacial score (nSPS) is 15.0. The first kappa shape index (κ1) is 23.4. The van der Waals surface area contributed by atoms with E-state index in [0.717, 1.165) is 0 Å². The topological polar surface area (TPSA) is 11.4 Å². The van der Waals surface area contributed by atoms with Crippen molar-refractivity contribution in [2.45, 2.75) is 20.0 Å². The van der Waals surface area contributed by atoms with Gasteiger partial charge in [-0.15, -0.1) is 0 Å². The highest BCUT2D eigenvalue weighted by Gasteiger charge is 2.39. The van der Waals surface area contributed by atoms with Crippen molar-refractivity contribution in [2.75, 3.05) is 9.80 Å². The lowest BCUT2D eigenvalue weighted by Crippen LogP contribution is -2.36. The molecule has 200 valence electrons. The summed E-state index contributed by atoms with van der Waals surface area (Å²) in [5, 5.41) is 2.54. The van der Waals surface area contributed by atoms with E-state index in [2.05, 4.69) is 162 Å². The third kappa shape index (κ3) is 3.00. The highest BCUT2D eigenvalue weighted by atomic mass is 15.4. The summed E-state index contributed by atoms with van der Waals surface area (Å²) in [6.45, 7) is 4.56. The van der Waals surface area contributed by atoms with Crippen molar-refractivity contribution in [3.05, 3.63) is 139 Å². The molecule has 9 rings (SSSR count). The number of hydrogen-bond acceptors (Lipinski definition) is 2. The van der Waals surface area contributed by atoms with Crippen LogP contribution in [0.4, 0.5) is 22.7 Å². The number of para-hydroxylation sites is 5. The van der Waals surface area contributed by atoms with Crippen LogP contribution in [0.2, 0.25) is 0 Å². The first-order valence-electron chi connectivity index (χ1n) is 14.7. The predicted octanol–water partition coefficient (Wildman–Crippen LogP) is 10.4. The number of fused-ring (bicyclic) bond motifs is 9. The third-order valence-electron chi connectivity index (χ3n) is 9.22. The van der Waals surface area contributed by atoms with Crippen molar-refractivity contribution < 1.29 is 0 Å². The maximum absolute atomic E-state index is 2.58. The van der Waals surface area contributed by atoms with Crippen LogP contribution in [0.3, 0.4) is 0 Å². The Hall–Kier alpha value is -5.28. The Bertz CT molecular complexity index is 2200. The Morgan fingerprint density at radius 1 is 0.452 bits per heavy atom. The van der Waals surface area contributed by atoms with E-state index in [1.165, 1.54) is 78.1 Å². The van der Waals surface area contributed by atoms with E-state index in [1.807, 2.05) is 0 Å². The van der Waals surface area contributed by atoms with E-state index in [4.69, 9.17) is 0 Å². The monoisotopic (exact) mass is 539 g/mol. The second-order valence-electron chi connectivity index (χ2n) is 11.4. The van der Waals surface area contributed by atoms with Crippen LogP contribution in [0.25, 0.3) is 49.7 Å². The summed E-state index contributed by atoms with van der Waals surface area (Å²) in [6, 6.07) is 49.0. The third-order valence-corrected chi connectivity index (χ3v) is 9.22. The molecule has 0 fully saturated rings. The summed E-state index contributed by atoms with van der Waals surface area (Å²) in [6.07, 6.45) is 0.0566. The Morgan fingerprint density at radius 3 is 1.86 bits per heavy atom. The molecule has 2 aliphatic heterocycles. The molecule has 1 atom stereocenters. The van der Waals surface area contributed by atoms with Crippen LogP contribution in [0, 0.1) is 6.92 Å². The van der Waals surface area contributed by atoms with E-state index >= 15 is 0 Å². The summed E-state index contributed by atoms with van der Waals surface area (Å²) in [7, 11) is 0. The molecule has 0 N–H and O–H groups in total. The molecule has 0 saturated carbocycles. The first-order chi connectivity index (χ1) is 20.7. The maximum atomic E-state index is 2.58. The van der Waals surface area contributed by atoms with Crippen molar-refractivity contribution in [1.82, 2.24) is 4.57 Å². The van der Waals surface area contributed by atoms with Crippen LogP contribution >= 0.6 is 0 Å². The van der Waals surface area contributed by atoms with Crippen molar-refractivity contribution in [2.24, 2.45) is 0 Å². The molecule has 2 aliphatic rings. The smallest absolute Gasteiger partial charge is 0.108 e. The molecule has 0 radical (unpaired) electrons. The van der Waals surface area contributed by atoms with Crippen LogP contribution in [-0.4, -0.2) is 10.7 Å². The van der Waals surface area contributed by atoms with Crippen molar-refractivity contribution in [3.8, 4) is 27.9 Å². The van der Waals surface area contributed by atoms with Gasteiger partial charge in [0.1, 0.15) is 6.17 Å². The van der Waals surface area contributed by atoms with Crippen molar-refractivity contribution in [1.29, 1.82) is 0 Å². The van der Waals surface area contributed by atoms with Crippen molar-refractivity contribution >= 4 is 44.6 Å². The van der Waals surface area contributed by atoms with Crippen LogP contribution < -0.4 is 9.80 Å². The molecular weight excluding hydrogens is 510 g/mol. The number of hydrogen-bond donors (Lipinski definition) is 0. The Balaban J connectivity index is 1.51. The molecule has 3 heteroatoms. The second-order valence-corrected chi connectivity index (χ2v) is 11.4. The van der Waals surface area contributed by atoms with Crippen LogP contribution in [0.5, 0.6) is 0 Å². The molecule has 7 aromatic rings. The molecule has 3 nitrogen and oxygen atoms in total. The average Bonchev–Trinajstić information content (AvgIpc) is 3.53. The van der Waals surface area contributed by atoms with Gasteiger partial charge in [0.15, 0.2) is 0 Å². The molecule has 0 aliphatic carbocycles. The zero-order valence-corrected chi connectivity index (χ0v) is 23.6. The number of nitrogens with zero attached hydrogens (tertiary/aromatic N) is 3. The minimum absolute atomic E-state index is 0.0566. The molecule has 42 heavy (non-hydrogen) atoms. The van der Waals surface area contributed by atoms with Gasteiger partial charge in [0, 0.05) is 27.6 Å². The van der Waals surface area contributed by atoms with Crippen LogP contribution in [-0.2, 0) is 0 Å². The lowest BCUT2D eigenvalue weighted by Gasteiger charge is -2.32. The van der Waals surface area contributed by atoms with Gasteiger partial charge in [0.05, 0.1) is 33.8 Å². The van der Waals surface area contributed by atoms with Gasteiger partial charge in [-0.3, -0.25) is 0 Å². The predicted molar refractivity (Wildman–Crippen MR) is 177 cm³/mol. The minimum atomic E-state index is 0.0566. The fourth-order valence-corrected chi connectivity index (χ4v) is 7.48. The quantitative estimate of drug-likeness (QED) is 0.206. The fourth-order valence-electron chi connectivity index (χ4n) is 7.48. The molecule has 0 bridgehead atoms. The number of rotatable bonds is 1. The van der Waals surface area contributed by atoms with Gasteiger partial charge < -0.3 is 14.4 Å². The maximum Gasteiger partial charge on any atom is 0.108 e. The molecule has 1 aromatic heterocycles. The van der Waals surface area contributed by atoms with E-state index < -0.39 is 0 Å². The summed E-state index contributed by atoms with van der Waals surface area (Å²) in [5.74, 6) is 0. The van der Waals surface area contributed by atoms with E-state index in [9.17, 15) is 0 Å². The highest BCUT2D eigenvalue weighted by Crippen LogP contribution is 2.56. The molecule has 0 saturated heterocycles. The average molecular weight is 540 g/mol. The second kappa shape index (κ2) is 8.61. The minimum Gasteiger partial charge on any atom is -0.318 e. The molecular formula is C39H29N3. The first-order valence-corrected chi connectivity index (χ1v) is 14.7. The van der Waals surface area contributed by atoms with E-state index in [0.29, 0.717) is 0 Å². The van der Waals surface area contributed by atoms with Gasteiger partial charge in [0.2, 0.25) is 0 Å². The largest absolute Gasteiger partial charge is 0.318 e. The lowest BCUT2D eigenvalue weighted by atomic mass is 9.91. The summed E-state index contributed by atoms with van der Waals surface area (Å²) < 4.78 is 2.50. The zero-order valence-electron chi connectivity index (χ0n) is 23.6. The Kier molecular flexibility index (Phi) is 4.80. The Morgan fingerprint density at radius 2 is 1.02 bits per heavy atom. The van der Waals surface area contributed by atoms with Gasteiger partial charge in [0.25, 0.3) is 0 Å². The number of anilines is 4. The summed E-state index contributed by atoms with van der Waals surface area (Å²) in [5.41, 5.74) is 14.9. The highest BCUT2D eigenvalue weighted by molar-refractivity contribution is 6.16. The van der Waals surface area contributed by atoms with Crippen LogP contribution in [0.1, 0.15) is 12.5 Å². The van der Waals surface area contributed by atoms with E-state index in [-0.39, 0.29) is 6.17 Å². The fraction of sp³-hybridized carbons (Fsp3) is 0.0769. The summed E-state index contributed by atoms with van der Waals surface area (Å²) in [4.78, 5) is 5.10. The number of aromatic nitrogens is 1. The molecule has 3 heterocycles.